The number of nitrogens with zero attached hydrogens (tertiary/aromatic N) is 3. The monoisotopic (exact) mass is 284 g/mol. The Morgan fingerprint density at radius 2 is 2.17 bits per heavy atom. The molecule has 2 N–H and O–H groups in total. The summed E-state index contributed by atoms with van der Waals surface area (Å²) in [5.74, 6) is 0. The first-order valence-electron chi connectivity index (χ1n) is 6.32. The van der Waals surface area contributed by atoms with E-state index >= 15 is 0 Å². The van der Waals surface area contributed by atoms with Gasteiger partial charge in [-0.25, -0.2) is 4.98 Å². The Labute approximate surface area is 118 Å². The average Bonchev–Trinajstić information content (AvgIpc) is 2.77. The van der Waals surface area contributed by atoms with Crippen LogP contribution < -0.4 is 10.6 Å². The van der Waals surface area contributed by atoms with Crippen molar-refractivity contribution in [3.8, 4) is 0 Å². The summed E-state index contributed by atoms with van der Waals surface area (Å²) in [6.07, 6.45) is 0.992. The summed E-state index contributed by atoms with van der Waals surface area (Å²) in [6.45, 7) is 8.21. The Kier molecular flexibility index (Phi) is 4.53. The van der Waals surface area contributed by atoms with E-state index in [9.17, 15) is 0 Å². The fourth-order valence-electron chi connectivity index (χ4n) is 2.35. The van der Waals surface area contributed by atoms with Gasteiger partial charge < -0.3 is 10.6 Å². The third-order valence-corrected chi connectivity index (χ3v) is 4.64. The van der Waals surface area contributed by atoms with E-state index < -0.39 is 0 Å². The predicted molar refractivity (Wildman–Crippen MR) is 81.5 cm³/mol. The molecule has 1 aromatic heterocycles. The van der Waals surface area contributed by atoms with Gasteiger partial charge in [0.2, 0.25) is 0 Å². The van der Waals surface area contributed by atoms with Crippen molar-refractivity contribution in [2.45, 2.75) is 26.3 Å². The van der Waals surface area contributed by atoms with Crippen LogP contribution in [0.1, 0.15) is 19.0 Å². The Bertz CT molecular complexity index is 410. The lowest BCUT2D eigenvalue weighted by Crippen LogP contribution is -2.53. The first-order valence-corrected chi connectivity index (χ1v) is 7.61. The minimum absolute atomic E-state index is 0.250. The summed E-state index contributed by atoms with van der Waals surface area (Å²) < 4.78 is 0. The van der Waals surface area contributed by atoms with Gasteiger partial charge in [-0.15, -0.1) is 11.3 Å². The zero-order valence-electron chi connectivity index (χ0n) is 10.9. The van der Waals surface area contributed by atoms with E-state index in [4.69, 9.17) is 18.0 Å². The molecule has 4 nitrogen and oxygen atoms in total. The van der Waals surface area contributed by atoms with Crippen LogP contribution in [0.4, 0.5) is 5.13 Å². The number of rotatable bonds is 4. The SMILES string of the molecule is CCC(C(N)=S)N1CCN(c2nc(C)cs2)CC1. The van der Waals surface area contributed by atoms with E-state index in [0.717, 1.165) is 43.4 Å². The summed E-state index contributed by atoms with van der Waals surface area (Å²) in [5.41, 5.74) is 6.90. The summed E-state index contributed by atoms with van der Waals surface area (Å²) in [6, 6.07) is 0.250. The van der Waals surface area contributed by atoms with Crippen molar-refractivity contribution in [2.24, 2.45) is 5.73 Å². The van der Waals surface area contributed by atoms with Gasteiger partial charge in [0.25, 0.3) is 0 Å². The first kappa shape index (κ1) is 13.7. The Morgan fingerprint density at radius 1 is 1.50 bits per heavy atom. The van der Waals surface area contributed by atoms with Gasteiger partial charge in [-0.05, 0) is 13.3 Å². The molecule has 18 heavy (non-hydrogen) atoms. The van der Waals surface area contributed by atoms with Crippen molar-refractivity contribution in [1.29, 1.82) is 0 Å². The zero-order chi connectivity index (χ0) is 13.1. The second kappa shape index (κ2) is 5.95. The van der Waals surface area contributed by atoms with Crippen molar-refractivity contribution >= 4 is 33.7 Å². The highest BCUT2D eigenvalue weighted by Crippen LogP contribution is 2.22. The topological polar surface area (TPSA) is 45.4 Å². The third kappa shape index (κ3) is 2.99. The molecule has 1 atom stereocenters. The van der Waals surface area contributed by atoms with Crippen LogP contribution in [0.3, 0.4) is 0 Å². The second-order valence-electron chi connectivity index (χ2n) is 4.62. The molecule has 1 unspecified atom stereocenters. The molecule has 100 valence electrons. The predicted octanol–water partition coefficient (Wildman–Crippen LogP) is 1.64. The molecule has 1 aliphatic rings. The number of thiocarbonyl (C=S) groups is 1. The standard InChI is InChI=1S/C12H20N4S2/c1-3-10(11(13)17)15-4-6-16(7-5-15)12-14-9(2)8-18-12/h8,10H,3-7H2,1-2H3,(H2,13,17). The van der Waals surface area contributed by atoms with Crippen LogP contribution in [0.2, 0.25) is 0 Å². The summed E-state index contributed by atoms with van der Waals surface area (Å²) in [7, 11) is 0. The van der Waals surface area contributed by atoms with E-state index in [1.165, 1.54) is 0 Å². The number of thiazole rings is 1. The van der Waals surface area contributed by atoms with E-state index in [1.807, 2.05) is 6.92 Å². The van der Waals surface area contributed by atoms with E-state index in [-0.39, 0.29) is 6.04 Å². The highest BCUT2D eigenvalue weighted by atomic mass is 32.1. The van der Waals surface area contributed by atoms with Gasteiger partial charge in [-0.1, -0.05) is 19.1 Å². The van der Waals surface area contributed by atoms with Gasteiger partial charge in [-0.2, -0.15) is 0 Å². The van der Waals surface area contributed by atoms with Gasteiger partial charge in [0.1, 0.15) is 0 Å². The molecule has 2 rings (SSSR count). The van der Waals surface area contributed by atoms with Crippen LogP contribution in [0, 0.1) is 6.92 Å². The Hall–Kier alpha value is -0.720. The normalized spacial score (nSPS) is 18.9. The smallest absolute Gasteiger partial charge is 0.185 e. The number of aryl methyl sites for hydroxylation is 1. The lowest BCUT2D eigenvalue weighted by atomic mass is 10.1. The minimum atomic E-state index is 0.250. The van der Waals surface area contributed by atoms with Gasteiger partial charge in [-0.3, -0.25) is 4.90 Å². The third-order valence-electron chi connectivity index (χ3n) is 3.35. The van der Waals surface area contributed by atoms with Crippen molar-refractivity contribution in [3.63, 3.8) is 0 Å². The van der Waals surface area contributed by atoms with Crippen LogP contribution in [0.5, 0.6) is 0 Å². The van der Waals surface area contributed by atoms with Crippen molar-refractivity contribution in [3.05, 3.63) is 11.1 Å². The molecule has 1 aromatic rings. The van der Waals surface area contributed by atoms with Gasteiger partial charge in [0, 0.05) is 31.6 Å². The highest BCUT2D eigenvalue weighted by molar-refractivity contribution is 7.80. The van der Waals surface area contributed by atoms with Crippen LogP contribution in [-0.2, 0) is 0 Å². The zero-order valence-corrected chi connectivity index (χ0v) is 12.6. The number of nitrogens with two attached hydrogens (primary N) is 1. The molecule has 0 saturated carbocycles. The minimum Gasteiger partial charge on any atom is -0.392 e. The fourth-order valence-corrected chi connectivity index (χ4v) is 3.52. The Balaban J connectivity index is 1.93. The molecular weight excluding hydrogens is 264 g/mol. The highest BCUT2D eigenvalue weighted by Gasteiger charge is 2.25. The molecule has 0 amide bonds. The molecule has 0 bridgehead atoms. The van der Waals surface area contributed by atoms with Crippen molar-refractivity contribution in [2.75, 3.05) is 31.1 Å². The van der Waals surface area contributed by atoms with Gasteiger partial charge in [0.05, 0.1) is 16.7 Å². The molecular formula is C12H20N4S2. The van der Waals surface area contributed by atoms with Crippen molar-refractivity contribution < 1.29 is 0 Å². The lowest BCUT2D eigenvalue weighted by Gasteiger charge is -2.38. The maximum Gasteiger partial charge on any atom is 0.185 e. The van der Waals surface area contributed by atoms with E-state index in [1.54, 1.807) is 11.3 Å². The molecule has 6 heteroatoms. The van der Waals surface area contributed by atoms with Crippen molar-refractivity contribution in [1.82, 2.24) is 9.88 Å². The molecule has 1 saturated heterocycles. The molecule has 0 spiro atoms. The Morgan fingerprint density at radius 3 is 2.61 bits per heavy atom. The van der Waals surface area contributed by atoms with Crippen LogP contribution in [-0.4, -0.2) is 47.1 Å². The lowest BCUT2D eigenvalue weighted by molar-refractivity contribution is 0.224. The van der Waals surface area contributed by atoms with E-state index in [0.29, 0.717) is 4.99 Å². The number of hydrogen-bond acceptors (Lipinski definition) is 5. The summed E-state index contributed by atoms with van der Waals surface area (Å²) in [4.78, 5) is 9.89. The number of aromatic nitrogens is 1. The maximum absolute atomic E-state index is 5.79. The summed E-state index contributed by atoms with van der Waals surface area (Å²) in [5, 5.41) is 3.24. The van der Waals surface area contributed by atoms with Crippen LogP contribution in [0.15, 0.2) is 5.38 Å². The van der Waals surface area contributed by atoms with E-state index in [2.05, 4.69) is 27.1 Å². The number of hydrogen-bond donors (Lipinski definition) is 1. The quantitative estimate of drug-likeness (QED) is 0.852. The van der Waals surface area contributed by atoms with Crippen LogP contribution >= 0.6 is 23.6 Å². The number of anilines is 1. The molecule has 0 aromatic carbocycles. The molecule has 1 fully saturated rings. The first-order chi connectivity index (χ1) is 8.61. The van der Waals surface area contributed by atoms with Gasteiger partial charge >= 0.3 is 0 Å². The largest absolute Gasteiger partial charge is 0.392 e. The molecule has 0 aliphatic carbocycles. The summed E-state index contributed by atoms with van der Waals surface area (Å²) >= 11 is 6.86. The molecule has 2 heterocycles. The van der Waals surface area contributed by atoms with Crippen LogP contribution in [0.25, 0.3) is 0 Å². The maximum atomic E-state index is 5.79. The average molecular weight is 284 g/mol. The van der Waals surface area contributed by atoms with Gasteiger partial charge in [0.15, 0.2) is 5.13 Å². The number of piperazine rings is 1. The molecule has 1 aliphatic heterocycles. The second-order valence-corrected chi connectivity index (χ2v) is 5.93. The fraction of sp³-hybridized carbons (Fsp3) is 0.667. The molecule has 0 radical (unpaired) electrons.